The zero-order valence-electron chi connectivity index (χ0n) is 7.35. The number of hydrogen-bond acceptors (Lipinski definition) is 2. The largest absolute Gasteiger partial charge is 0.239 e. The molecule has 0 saturated heterocycles. The highest BCUT2D eigenvalue weighted by molar-refractivity contribution is 8.14. The average Bonchev–Trinajstić information content (AvgIpc) is 2.16. The summed E-state index contributed by atoms with van der Waals surface area (Å²) in [6, 6.07) is 7.71. The van der Waals surface area contributed by atoms with Crippen molar-refractivity contribution in [2.24, 2.45) is 0 Å². The van der Waals surface area contributed by atoms with E-state index in [9.17, 15) is 8.42 Å². The maximum Gasteiger partial charge on any atom is 0.239 e. The van der Waals surface area contributed by atoms with Crippen LogP contribution in [0, 0.1) is 0 Å². The number of hydrogen-bond donors (Lipinski definition) is 0. The predicted molar refractivity (Wildman–Crippen MR) is 57.7 cm³/mol. The maximum absolute atomic E-state index is 11.1. The van der Waals surface area contributed by atoms with Crippen molar-refractivity contribution in [1.29, 1.82) is 0 Å². The van der Waals surface area contributed by atoms with E-state index in [0.29, 0.717) is 6.42 Å². The van der Waals surface area contributed by atoms with Crippen molar-refractivity contribution in [3.05, 3.63) is 41.5 Å². The minimum absolute atomic E-state index is 0.471. The molecule has 14 heavy (non-hydrogen) atoms. The summed E-state index contributed by atoms with van der Waals surface area (Å²) in [5.74, 6) is 0. The van der Waals surface area contributed by atoms with Crippen LogP contribution in [-0.4, -0.2) is 13.7 Å². The van der Waals surface area contributed by atoms with Crippen molar-refractivity contribution in [2.45, 2.75) is 11.7 Å². The van der Waals surface area contributed by atoms with E-state index in [-0.39, 0.29) is 0 Å². The second kappa shape index (κ2) is 3.41. The maximum atomic E-state index is 11.1. The van der Waals surface area contributed by atoms with E-state index >= 15 is 0 Å². The first-order valence-corrected chi connectivity index (χ1v) is 6.64. The summed E-state index contributed by atoms with van der Waals surface area (Å²) in [6.45, 7) is 0. The lowest BCUT2D eigenvalue weighted by molar-refractivity contribution is 0.601. The van der Waals surface area contributed by atoms with E-state index in [1.165, 1.54) is 0 Å². The smallest absolute Gasteiger partial charge is 0.212 e. The molecule has 0 spiro atoms. The van der Waals surface area contributed by atoms with E-state index in [1.807, 2.05) is 30.3 Å². The lowest BCUT2D eigenvalue weighted by Crippen LogP contribution is -2.19. The number of fused-ring (bicyclic) bond motifs is 1. The van der Waals surface area contributed by atoms with Gasteiger partial charge >= 0.3 is 0 Å². The molecule has 1 aromatic carbocycles. The zero-order valence-corrected chi connectivity index (χ0v) is 8.92. The molecular weight excluding hydrogens is 220 g/mol. The first-order chi connectivity index (χ1) is 6.57. The summed E-state index contributed by atoms with van der Waals surface area (Å²) in [5.41, 5.74) is 2.10. The second-order valence-corrected chi connectivity index (χ2v) is 6.12. The quantitative estimate of drug-likeness (QED) is 0.691. The fourth-order valence-electron chi connectivity index (χ4n) is 1.57. The monoisotopic (exact) mass is 228 g/mol. The van der Waals surface area contributed by atoms with Crippen molar-refractivity contribution in [3.8, 4) is 0 Å². The van der Waals surface area contributed by atoms with Crippen LogP contribution in [0.5, 0.6) is 0 Å². The van der Waals surface area contributed by atoms with Crippen LogP contribution in [0.3, 0.4) is 0 Å². The summed E-state index contributed by atoms with van der Waals surface area (Å²) in [4.78, 5) is 0. The van der Waals surface area contributed by atoms with Gasteiger partial charge < -0.3 is 0 Å². The van der Waals surface area contributed by atoms with Gasteiger partial charge in [-0.15, -0.1) is 0 Å². The molecule has 0 radical (unpaired) electrons. The van der Waals surface area contributed by atoms with Crippen LogP contribution < -0.4 is 0 Å². The lowest BCUT2D eigenvalue weighted by Gasteiger charge is -2.16. The highest BCUT2D eigenvalue weighted by Crippen LogP contribution is 2.24. The molecule has 1 atom stereocenters. The second-order valence-electron chi connectivity index (χ2n) is 3.28. The van der Waals surface area contributed by atoms with Crippen molar-refractivity contribution < 1.29 is 8.42 Å². The van der Waals surface area contributed by atoms with Gasteiger partial charge in [0.2, 0.25) is 9.05 Å². The Labute approximate surface area is 87.6 Å². The lowest BCUT2D eigenvalue weighted by atomic mass is 9.97. The Morgan fingerprint density at radius 2 is 2.00 bits per heavy atom. The standard InChI is InChI=1S/C10H9ClO2S/c11-14(12,13)10-6-5-8-3-1-2-4-9(8)7-10/h1-6,10H,7H2. The van der Waals surface area contributed by atoms with Gasteiger partial charge in [-0.3, -0.25) is 0 Å². The summed E-state index contributed by atoms with van der Waals surface area (Å²) in [6.07, 6.45) is 3.92. The van der Waals surface area contributed by atoms with Gasteiger partial charge in [0.05, 0.1) is 5.25 Å². The van der Waals surface area contributed by atoms with Gasteiger partial charge in [0, 0.05) is 10.7 Å². The van der Waals surface area contributed by atoms with Crippen LogP contribution in [0.4, 0.5) is 0 Å². The molecule has 0 bridgehead atoms. The molecule has 4 heteroatoms. The molecule has 1 aliphatic rings. The normalized spacial score (nSPS) is 20.5. The van der Waals surface area contributed by atoms with Gasteiger partial charge in [-0.1, -0.05) is 36.4 Å². The molecular formula is C10H9ClO2S. The predicted octanol–water partition coefficient (Wildman–Crippen LogP) is 2.19. The Morgan fingerprint density at radius 1 is 1.29 bits per heavy atom. The highest BCUT2D eigenvalue weighted by atomic mass is 35.7. The number of benzene rings is 1. The zero-order chi connectivity index (χ0) is 10.2. The van der Waals surface area contributed by atoms with Crippen LogP contribution in [0.2, 0.25) is 0 Å². The minimum Gasteiger partial charge on any atom is -0.212 e. The Bertz CT molecular complexity index is 477. The van der Waals surface area contributed by atoms with Gasteiger partial charge in [0.25, 0.3) is 0 Å². The molecule has 0 aliphatic heterocycles. The third kappa shape index (κ3) is 1.83. The Morgan fingerprint density at radius 3 is 2.71 bits per heavy atom. The SMILES string of the molecule is O=S(=O)(Cl)C1C=Cc2ccccc2C1. The highest BCUT2D eigenvalue weighted by Gasteiger charge is 2.23. The van der Waals surface area contributed by atoms with Crippen LogP contribution in [0.1, 0.15) is 11.1 Å². The molecule has 2 nitrogen and oxygen atoms in total. The number of halogens is 1. The van der Waals surface area contributed by atoms with Crippen LogP contribution >= 0.6 is 10.7 Å². The molecule has 1 aromatic rings. The van der Waals surface area contributed by atoms with Crippen molar-refractivity contribution in [3.63, 3.8) is 0 Å². The molecule has 0 aromatic heterocycles. The molecule has 0 saturated carbocycles. The fraction of sp³-hybridized carbons (Fsp3) is 0.200. The van der Waals surface area contributed by atoms with E-state index in [4.69, 9.17) is 10.7 Å². The fourth-order valence-corrected chi connectivity index (χ4v) is 2.58. The summed E-state index contributed by atoms with van der Waals surface area (Å²) in [5, 5.41) is -0.584. The molecule has 0 N–H and O–H groups in total. The summed E-state index contributed by atoms with van der Waals surface area (Å²) in [7, 11) is 1.82. The first-order valence-electron chi connectivity index (χ1n) is 4.27. The summed E-state index contributed by atoms with van der Waals surface area (Å²) >= 11 is 0. The molecule has 0 amide bonds. The Kier molecular flexibility index (Phi) is 2.37. The average molecular weight is 229 g/mol. The third-order valence-corrected chi connectivity index (χ3v) is 4.06. The van der Waals surface area contributed by atoms with E-state index < -0.39 is 14.3 Å². The Hall–Kier alpha value is -0.800. The van der Waals surface area contributed by atoms with E-state index in [0.717, 1.165) is 11.1 Å². The third-order valence-electron chi connectivity index (χ3n) is 2.33. The van der Waals surface area contributed by atoms with Gasteiger partial charge in [-0.2, -0.15) is 0 Å². The van der Waals surface area contributed by atoms with Gasteiger partial charge in [0.15, 0.2) is 0 Å². The van der Waals surface area contributed by atoms with Crippen LogP contribution in [-0.2, 0) is 15.5 Å². The topological polar surface area (TPSA) is 34.1 Å². The summed E-state index contributed by atoms with van der Waals surface area (Å²) < 4.78 is 22.2. The molecule has 0 heterocycles. The van der Waals surface area contributed by atoms with Crippen LogP contribution in [0.15, 0.2) is 30.3 Å². The molecule has 74 valence electrons. The van der Waals surface area contributed by atoms with Crippen LogP contribution in [0.25, 0.3) is 6.08 Å². The molecule has 1 unspecified atom stereocenters. The molecule has 0 fully saturated rings. The van der Waals surface area contributed by atoms with Gasteiger partial charge in [-0.25, -0.2) is 8.42 Å². The Balaban J connectivity index is 2.40. The van der Waals surface area contributed by atoms with Gasteiger partial charge in [-0.05, 0) is 17.5 Å². The minimum atomic E-state index is -3.48. The van der Waals surface area contributed by atoms with Gasteiger partial charge in [0.1, 0.15) is 0 Å². The van der Waals surface area contributed by atoms with Crippen molar-refractivity contribution in [2.75, 3.05) is 0 Å². The molecule has 2 rings (SSSR count). The molecule has 1 aliphatic carbocycles. The van der Waals surface area contributed by atoms with E-state index in [2.05, 4.69) is 0 Å². The van der Waals surface area contributed by atoms with Crippen molar-refractivity contribution in [1.82, 2.24) is 0 Å². The van der Waals surface area contributed by atoms with E-state index in [1.54, 1.807) is 6.08 Å². The first kappa shape index (κ1) is 9.74. The number of rotatable bonds is 1. The van der Waals surface area contributed by atoms with Crippen molar-refractivity contribution >= 4 is 25.8 Å².